The number of phenols is 1. The van der Waals surface area contributed by atoms with Crippen LogP contribution < -0.4 is 5.32 Å². The van der Waals surface area contributed by atoms with Crippen LogP contribution in [0.3, 0.4) is 0 Å². The first-order chi connectivity index (χ1) is 18.9. The van der Waals surface area contributed by atoms with Crippen molar-refractivity contribution < 1.29 is 19.4 Å². The molecule has 9 heteroatoms. The van der Waals surface area contributed by atoms with Gasteiger partial charge in [0.05, 0.1) is 18.5 Å². The number of halogens is 1. The highest BCUT2D eigenvalue weighted by Crippen LogP contribution is 2.27. The summed E-state index contributed by atoms with van der Waals surface area (Å²) in [7, 11) is 1.29. The zero-order chi connectivity index (χ0) is 27.4. The summed E-state index contributed by atoms with van der Waals surface area (Å²) in [4.78, 5) is 28.7. The van der Waals surface area contributed by atoms with Gasteiger partial charge in [-0.2, -0.15) is 5.10 Å². The number of para-hydroxylation sites is 1. The summed E-state index contributed by atoms with van der Waals surface area (Å²) in [5.41, 5.74) is 4.59. The third kappa shape index (κ3) is 5.86. The molecule has 0 spiro atoms. The second-order valence-electron chi connectivity index (χ2n) is 8.89. The van der Waals surface area contributed by atoms with E-state index in [1.165, 1.54) is 13.2 Å². The topological polar surface area (TPSA) is 109 Å². The number of aromatic amines is 1. The number of aromatic nitrogens is 3. The molecule has 3 N–H and O–H groups in total. The Morgan fingerprint density at radius 2 is 1.92 bits per heavy atom. The van der Waals surface area contributed by atoms with Gasteiger partial charge in [0.2, 0.25) is 5.91 Å². The van der Waals surface area contributed by atoms with E-state index >= 15 is 0 Å². The number of nitrogens with one attached hydrogen (secondary N) is 2. The van der Waals surface area contributed by atoms with Crippen molar-refractivity contribution in [3.63, 3.8) is 0 Å². The molecule has 3 aromatic carbocycles. The number of methoxy groups -OCH3 is 1. The van der Waals surface area contributed by atoms with Crippen LogP contribution in [0.15, 0.2) is 91.3 Å². The molecule has 5 rings (SSSR count). The van der Waals surface area contributed by atoms with Crippen LogP contribution in [-0.4, -0.2) is 44.9 Å². The Bertz CT molecular complexity index is 1670. The third-order valence-corrected chi connectivity index (χ3v) is 6.51. The lowest BCUT2D eigenvalue weighted by atomic mass is 10.0. The Kier molecular flexibility index (Phi) is 7.47. The minimum Gasteiger partial charge on any atom is -0.508 e. The van der Waals surface area contributed by atoms with Gasteiger partial charge in [0, 0.05) is 51.9 Å². The molecule has 196 valence electrons. The number of benzene rings is 3. The van der Waals surface area contributed by atoms with E-state index < -0.39 is 17.9 Å². The van der Waals surface area contributed by atoms with Gasteiger partial charge >= 0.3 is 5.97 Å². The third-order valence-electron chi connectivity index (χ3n) is 6.27. The van der Waals surface area contributed by atoms with E-state index in [1.807, 2.05) is 42.6 Å². The van der Waals surface area contributed by atoms with Crippen LogP contribution in [0.1, 0.15) is 11.1 Å². The number of hydrogen-bond donors (Lipinski definition) is 3. The van der Waals surface area contributed by atoms with Crippen molar-refractivity contribution in [3.05, 3.63) is 107 Å². The van der Waals surface area contributed by atoms with Crippen LogP contribution >= 0.6 is 11.6 Å². The first-order valence-electron chi connectivity index (χ1n) is 12.2. The fourth-order valence-electron chi connectivity index (χ4n) is 4.35. The highest BCUT2D eigenvalue weighted by atomic mass is 35.5. The molecule has 0 fully saturated rings. The molecule has 2 aromatic heterocycles. The Hall–Kier alpha value is -4.82. The number of phenolic OH excluding ortho intramolecular Hbond substituents is 1. The van der Waals surface area contributed by atoms with E-state index in [0.29, 0.717) is 16.3 Å². The fourth-order valence-corrected chi connectivity index (χ4v) is 4.53. The predicted molar refractivity (Wildman–Crippen MR) is 151 cm³/mol. The van der Waals surface area contributed by atoms with Crippen molar-refractivity contribution in [1.29, 1.82) is 0 Å². The molecule has 0 bridgehead atoms. The minimum atomic E-state index is -0.878. The first-order valence-corrected chi connectivity index (χ1v) is 12.6. The lowest BCUT2D eigenvalue weighted by Gasteiger charge is -2.15. The monoisotopic (exact) mass is 540 g/mol. The highest BCUT2D eigenvalue weighted by Gasteiger charge is 2.23. The molecule has 0 aliphatic rings. The van der Waals surface area contributed by atoms with Gasteiger partial charge in [-0.25, -0.2) is 9.48 Å². The summed E-state index contributed by atoms with van der Waals surface area (Å²) in [6, 6.07) is 20.7. The molecule has 1 amide bonds. The van der Waals surface area contributed by atoms with Crippen LogP contribution in [0.25, 0.3) is 33.9 Å². The molecule has 0 aliphatic carbocycles. The number of ether oxygens (including phenoxy) is 1. The minimum absolute atomic E-state index is 0.133. The standard InChI is InChI=1S/C30H25ClN4O4/c1-39-30(38)27(15-21-17-32-26-8-3-2-7-25(21)26)33-28(37)14-11-20-18-35(23-6-4-5-22(31)16-23)34-29(20)19-9-12-24(36)13-10-19/h2-14,16-18,27,32,36H,15H2,1H3,(H,33,37)/b14-11+. The van der Waals surface area contributed by atoms with Gasteiger partial charge in [-0.1, -0.05) is 35.9 Å². The summed E-state index contributed by atoms with van der Waals surface area (Å²) in [6.45, 7) is 0. The number of fused-ring (bicyclic) bond motifs is 1. The van der Waals surface area contributed by atoms with E-state index in [-0.39, 0.29) is 12.2 Å². The van der Waals surface area contributed by atoms with Gasteiger partial charge in [-0.15, -0.1) is 0 Å². The Labute approximate surface area is 229 Å². The maximum atomic E-state index is 13.0. The van der Waals surface area contributed by atoms with Crippen molar-refractivity contribution in [3.8, 4) is 22.7 Å². The number of esters is 1. The molecule has 2 heterocycles. The summed E-state index contributed by atoms with van der Waals surface area (Å²) < 4.78 is 6.62. The van der Waals surface area contributed by atoms with Crippen molar-refractivity contribution in [2.24, 2.45) is 0 Å². The molecule has 0 aliphatic heterocycles. The number of rotatable bonds is 8. The van der Waals surface area contributed by atoms with E-state index in [2.05, 4.69) is 10.3 Å². The Morgan fingerprint density at radius 3 is 2.69 bits per heavy atom. The van der Waals surface area contributed by atoms with Crippen LogP contribution in [-0.2, 0) is 20.7 Å². The van der Waals surface area contributed by atoms with Gasteiger partial charge in [0.1, 0.15) is 11.8 Å². The van der Waals surface area contributed by atoms with Crippen LogP contribution in [0.2, 0.25) is 5.02 Å². The average molecular weight is 541 g/mol. The molecule has 0 radical (unpaired) electrons. The van der Waals surface area contributed by atoms with Crippen molar-refractivity contribution in [1.82, 2.24) is 20.1 Å². The quantitative estimate of drug-likeness (QED) is 0.183. The highest BCUT2D eigenvalue weighted by molar-refractivity contribution is 6.30. The van der Waals surface area contributed by atoms with Crippen molar-refractivity contribution in [2.75, 3.05) is 7.11 Å². The average Bonchev–Trinajstić information content (AvgIpc) is 3.56. The van der Waals surface area contributed by atoms with Crippen molar-refractivity contribution >= 4 is 40.5 Å². The number of amides is 1. The summed E-state index contributed by atoms with van der Waals surface area (Å²) in [6.07, 6.45) is 6.86. The molecular weight excluding hydrogens is 516 g/mol. The molecule has 39 heavy (non-hydrogen) atoms. The predicted octanol–water partition coefficient (Wildman–Crippen LogP) is 5.29. The molecule has 0 saturated heterocycles. The molecule has 5 aromatic rings. The number of carbonyl (C=O) groups excluding carboxylic acids is 2. The van der Waals surface area contributed by atoms with Crippen LogP contribution in [0, 0.1) is 0 Å². The smallest absolute Gasteiger partial charge is 0.328 e. The number of hydrogen-bond acceptors (Lipinski definition) is 5. The van der Waals surface area contributed by atoms with Gasteiger partial charge in [0.15, 0.2) is 0 Å². The normalized spacial score (nSPS) is 12.1. The number of nitrogens with zero attached hydrogens (tertiary/aromatic N) is 2. The zero-order valence-corrected chi connectivity index (χ0v) is 21.7. The summed E-state index contributed by atoms with van der Waals surface area (Å²) in [5, 5.41) is 18.7. The van der Waals surface area contributed by atoms with E-state index in [4.69, 9.17) is 21.4 Å². The van der Waals surface area contributed by atoms with E-state index in [9.17, 15) is 14.7 Å². The van der Waals surface area contributed by atoms with E-state index in [1.54, 1.807) is 53.4 Å². The van der Waals surface area contributed by atoms with E-state index in [0.717, 1.165) is 27.7 Å². The van der Waals surface area contributed by atoms with Gasteiger partial charge in [-0.05, 0) is 60.2 Å². The first kappa shape index (κ1) is 25.8. The lowest BCUT2D eigenvalue weighted by molar-refractivity contribution is -0.144. The second kappa shape index (κ2) is 11.3. The molecule has 1 atom stereocenters. The largest absolute Gasteiger partial charge is 0.508 e. The van der Waals surface area contributed by atoms with Gasteiger partial charge in [0.25, 0.3) is 0 Å². The molecule has 0 saturated carbocycles. The van der Waals surface area contributed by atoms with Gasteiger partial charge < -0.3 is 20.1 Å². The second-order valence-corrected chi connectivity index (χ2v) is 9.32. The lowest BCUT2D eigenvalue weighted by Crippen LogP contribution is -2.42. The maximum Gasteiger partial charge on any atom is 0.328 e. The molecular formula is C30H25ClN4O4. The number of aromatic hydroxyl groups is 1. The summed E-state index contributed by atoms with van der Waals surface area (Å²) >= 11 is 6.17. The van der Waals surface area contributed by atoms with Gasteiger partial charge in [-0.3, -0.25) is 4.79 Å². The fraction of sp³-hybridized carbons (Fsp3) is 0.100. The van der Waals surface area contributed by atoms with Crippen LogP contribution in [0.5, 0.6) is 5.75 Å². The number of H-pyrrole nitrogens is 1. The van der Waals surface area contributed by atoms with Crippen LogP contribution in [0.4, 0.5) is 0 Å². The SMILES string of the molecule is COC(=O)C(Cc1c[nH]c2ccccc12)NC(=O)/C=C/c1cn(-c2cccc(Cl)c2)nc1-c1ccc(O)cc1. The maximum absolute atomic E-state index is 13.0. The Morgan fingerprint density at radius 1 is 1.13 bits per heavy atom. The number of carbonyl (C=O) groups is 2. The zero-order valence-electron chi connectivity index (χ0n) is 21.0. The molecule has 1 unspecified atom stereocenters. The summed E-state index contributed by atoms with van der Waals surface area (Å²) in [5.74, 6) is -0.869. The van der Waals surface area contributed by atoms with Crippen molar-refractivity contribution in [2.45, 2.75) is 12.5 Å². The molecule has 8 nitrogen and oxygen atoms in total. The Balaban J connectivity index is 1.41.